The Balaban J connectivity index is 1.15. The Morgan fingerprint density at radius 2 is 1.10 bits per heavy atom. The summed E-state index contributed by atoms with van der Waals surface area (Å²) in [6, 6.07) is 32.5. The van der Waals surface area contributed by atoms with Crippen molar-refractivity contribution in [2.75, 3.05) is 9.80 Å². The van der Waals surface area contributed by atoms with Crippen LogP contribution < -0.4 is 26.2 Å². The van der Waals surface area contributed by atoms with E-state index in [9.17, 15) is 0 Å². The highest BCUT2D eigenvalue weighted by molar-refractivity contribution is 7.21. The molecule has 3 aliphatic heterocycles. The van der Waals surface area contributed by atoms with Gasteiger partial charge in [-0.15, -0.1) is 11.3 Å². The largest absolute Gasteiger partial charge is 0.311 e. The van der Waals surface area contributed by atoms with E-state index in [4.69, 9.17) is 0 Å². The summed E-state index contributed by atoms with van der Waals surface area (Å²) >= 11 is 2.17. The Bertz CT molecular complexity index is 3300. The standard InChI is InChI=1S/C65H73BN2S/c1-36-30-48-54-49(31-36)68(47-34-45-44(61(7,8)26-27-62(45,9)10)33-40(47)38-18-16-15-17-19-38)50-35-46-51(37(2)41-22-23-64(41,46)13)52-55(50)66(54)56-53-57(63(11,12)28-29-65(52,53)14)69-58(56)67(48)39-20-21-42-43(32-39)60(5,6)25-24-59(42,3)4/h15-21,30-35,37,41H,22-29H2,1-14H3/t37-,41?,64?,65+/m1/s1. The van der Waals surface area contributed by atoms with Gasteiger partial charge in [-0.1, -0.05) is 126 Å². The fourth-order valence-electron chi connectivity index (χ4n) is 16.7. The van der Waals surface area contributed by atoms with Crippen LogP contribution in [0.5, 0.6) is 0 Å². The second kappa shape index (κ2) is 13.1. The maximum atomic E-state index is 2.87. The minimum atomic E-state index is -0.0850. The molecule has 6 aromatic rings. The average molecular weight is 925 g/mol. The molecule has 2 nitrogen and oxygen atoms in total. The van der Waals surface area contributed by atoms with E-state index in [-0.39, 0.29) is 44.6 Å². The maximum absolute atomic E-state index is 2.87. The third-order valence-electron chi connectivity index (χ3n) is 21.2. The topological polar surface area (TPSA) is 6.48 Å². The van der Waals surface area contributed by atoms with Gasteiger partial charge in [-0.3, -0.25) is 0 Å². The fraction of sp³-hybridized carbons (Fsp3) is 0.477. The number of fused-ring (bicyclic) bond motifs is 7. The lowest BCUT2D eigenvalue weighted by Crippen LogP contribution is -2.68. The summed E-state index contributed by atoms with van der Waals surface area (Å²) in [5, 5.41) is 1.48. The van der Waals surface area contributed by atoms with Crippen LogP contribution in [-0.4, -0.2) is 6.71 Å². The molecule has 1 saturated carbocycles. The molecule has 1 fully saturated rings. The molecule has 0 bridgehead atoms. The van der Waals surface area contributed by atoms with Crippen LogP contribution in [0.25, 0.3) is 11.1 Å². The van der Waals surface area contributed by atoms with Crippen molar-refractivity contribution in [3.8, 4) is 11.1 Å². The van der Waals surface area contributed by atoms with Crippen LogP contribution in [0.3, 0.4) is 0 Å². The number of anilines is 6. The summed E-state index contributed by atoms with van der Waals surface area (Å²) in [6.07, 6.45) is 9.84. The van der Waals surface area contributed by atoms with E-state index in [0.717, 1.165) is 0 Å². The van der Waals surface area contributed by atoms with Gasteiger partial charge < -0.3 is 9.80 Å². The van der Waals surface area contributed by atoms with Crippen molar-refractivity contribution in [3.05, 3.63) is 134 Å². The summed E-state index contributed by atoms with van der Waals surface area (Å²) in [4.78, 5) is 7.32. The van der Waals surface area contributed by atoms with Crippen LogP contribution in [0.2, 0.25) is 0 Å². The lowest BCUT2D eigenvalue weighted by Gasteiger charge is -2.53. The maximum Gasteiger partial charge on any atom is 0.254 e. The van der Waals surface area contributed by atoms with Crippen molar-refractivity contribution in [1.29, 1.82) is 0 Å². The minimum absolute atomic E-state index is 0.0590. The molecule has 0 saturated heterocycles. The van der Waals surface area contributed by atoms with Gasteiger partial charge in [0.05, 0.1) is 10.7 Å². The van der Waals surface area contributed by atoms with E-state index < -0.39 is 0 Å². The van der Waals surface area contributed by atoms with Crippen molar-refractivity contribution in [1.82, 2.24) is 0 Å². The summed E-state index contributed by atoms with van der Waals surface area (Å²) in [7, 11) is 0. The summed E-state index contributed by atoms with van der Waals surface area (Å²) < 4.78 is 0. The molecular formula is C65H73BN2S. The lowest BCUT2D eigenvalue weighted by molar-refractivity contribution is 0.142. The number of aryl methyl sites for hydroxylation is 1. The highest BCUT2D eigenvalue weighted by Crippen LogP contribution is 2.67. The predicted octanol–water partition coefficient (Wildman–Crippen LogP) is 16.0. The molecule has 5 aliphatic carbocycles. The Labute approximate surface area is 418 Å². The summed E-state index contributed by atoms with van der Waals surface area (Å²) in [5.74, 6) is 1.26. The molecule has 1 aromatic heterocycles. The van der Waals surface area contributed by atoms with E-state index in [1.54, 1.807) is 38.1 Å². The van der Waals surface area contributed by atoms with E-state index >= 15 is 0 Å². The fourth-order valence-corrected chi connectivity index (χ4v) is 18.3. The molecule has 69 heavy (non-hydrogen) atoms. The lowest BCUT2D eigenvalue weighted by atomic mass is 9.28. The number of nitrogens with zero attached hydrogens (tertiary/aromatic N) is 2. The molecule has 2 unspecified atom stereocenters. The SMILES string of the molecule is Cc1cc2c3c(c1)N(c1ccc4c(c1)C(C)(C)CCC4(C)C)c1sc4c5c1B3c1c(cc3c(c1[C@]5(C)CCC4(C)C)[C@H](C)C1CCC31C)N2c1cc2c(cc1-c1ccccc1)C(C)(C)CCC2(C)C. The molecule has 4 heteroatoms. The molecular weight excluding hydrogens is 852 g/mol. The number of benzene rings is 5. The van der Waals surface area contributed by atoms with Crippen molar-refractivity contribution >= 4 is 67.9 Å². The van der Waals surface area contributed by atoms with Gasteiger partial charge in [0, 0.05) is 38.6 Å². The third-order valence-corrected chi connectivity index (χ3v) is 22.8. The molecule has 0 spiro atoms. The van der Waals surface area contributed by atoms with Crippen molar-refractivity contribution in [2.45, 2.75) is 192 Å². The van der Waals surface area contributed by atoms with Crippen LogP contribution >= 0.6 is 11.3 Å². The highest BCUT2D eigenvalue weighted by atomic mass is 32.1. The summed E-state index contributed by atoms with van der Waals surface area (Å²) in [6.45, 7) is 35.7. The molecule has 14 rings (SSSR count). The van der Waals surface area contributed by atoms with E-state index in [1.165, 1.54) is 129 Å². The predicted molar refractivity (Wildman–Crippen MR) is 296 cm³/mol. The van der Waals surface area contributed by atoms with E-state index in [1.807, 2.05) is 0 Å². The Kier molecular flexibility index (Phi) is 8.22. The first-order valence-corrected chi connectivity index (χ1v) is 27.8. The molecule has 5 aromatic carbocycles. The second-order valence-corrected chi connectivity index (χ2v) is 28.6. The number of rotatable bonds is 3. The molecule has 0 amide bonds. The van der Waals surface area contributed by atoms with Crippen LogP contribution in [0.4, 0.5) is 33.4 Å². The van der Waals surface area contributed by atoms with Gasteiger partial charge in [0.2, 0.25) is 0 Å². The Morgan fingerprint density at radius 1 is 0.522 bits per heavy atom. The first-order valence-electron chi connectivity index (χ1n) is 27.0. The third kappa shape index (κ3) is 5.26. The van der Waals surface area contributed by atoms with Gasteiger partial charge >= 0.3 is 0 Å². The van der Waals surface area contributed by atoms with Gasteiger partial charge in [-0.25, -0.2) is 0 Å². The zero-order valence-corrected chi connectivity index (χ0v) is 45.0. The Morgan fingerprint density at radius 3 is 1.75 bits per heavy atom. The second-order valence-electron chi connectivity index (χ2n) is 27.6. The minimum Gasteiger partial charge on any atom is -0.311 e. The normalized spacial score (nSPS) is 27.7. The van der Waals surface area contributed by atoms with Crippen molar-refractivity contribution < 1.29 is 0 Å². The monoisotopic (exact) mass is 925 g/mol. The van der Waals surface area contributed by atoms with E-state index in [0.29, 0.717) is 11.8 Å². The zero-order valence-electron chi connectivity index (χ0n) is 44.2. The molecule has 352 valence electrons. The van der Waals surface area contributed by atoms with Crippen LogP contribution in [-0.2, 0) is 37.9 Å². The first kappa shape index (κ1) is 43.3. The Hall–Kier alpha value is -4.54. The molecule has 4 atom stereocenters. The zero-order chi connectivity index (χ0) is 48.1. The number of thiophene rings is 1. The van der Waals surface area contributed by atoms with Gasteiger partial charge in [-0.05, 0) is 217 Å². The van der Waals surface area contributed by atoms with Gasteiger partial charge in [0.25, 0.3) is 6.71 Å². The van der Waals surface area contributed by atoms with Gasteiger partial charge in [0.15, 0.2) is 0 Å². The van der Waals surface area contributed by atoms with Crippen molar-refractivity contribution in [3.63, 3.8) is 0 Å². The number of hydrogen-bond acceptors (Lipinski definition) is 3. The van der Waals surface area contributed by atoms with Crippen LogP contribution in [0.15, 0.2) is 78.9 Å². The quantitative estimate of drug-likeness (QED) is 0.163. The summed E-state index contributed by atoms with van der Waals surface area (Å²) in [5.41, 5.74) is 29.3. The van der Waals surface area contributed by atoms with Gasteiger partial charge in [0.1, 0.15) is 0 Å². The van der Waals surface area contributed by atoms with Gasteiger partial charge in [-0.2, -0.15) is 0 Å². The van der Waals surface area contributed by atoms with Crippen LogP contribution in [0.1, 0.15) is 202 Å². The average Bonchev–Trinajstić information content (AvgIpc) is 3.77. The molecule has 8 aliphatic rings. The molecule has 4 heterocycles. The first-order chi connectivity index (χ1) is 32.5. The van der Waals surface area contributed by atoms with Crippen molar-refractivity contribution in [2.24, 2.45) is 5.92 Å². The van der Waals surface area contributed by atoms with E-state index in [2.05, 4.69) is 197 Å². The number of hydrogen-bond donors (Lipinski definition) is 0. The molecule has 0 N–H and O–H groups in total. The highest BCUT2D eigenvalue weighted by Gasteiger charge is 2.62. The smallest absolute Gasteiger partial charge is 0.254 e. The van der Waals surface area contributed by atoms with Crippen LogP contribution in [0, 0.1) is 12.8 Å². The molecule has 0 radical (unpaired) electrons.